The van der Waals surface area contributed by atoms with Crippen LogP contribution in [0.5, 0.6) is 0 Å². The van der Waals surface area contributed by atoms with E-state index >= 15 is 0 Å². The summed E-state index contributed by atoms with van der Waals surface area (Å²) < 4.78 is 11.5. The zero-order valence-electron chi connectivity index (χ0n) is 19.7. The number of hydrogen-bond donors (Lipinski definition) is 2. The third-order valence-electron chi connectivity index (χ3n) is 7.85. The Morgan fingerprint density at radius 1 is 0.871 bits per heavy atom. The van der Waals surface area contributed by atoms with Gasteiger partial charge in [0.15, 0.2) is 0 Å². The molecule has 0 aromatic heterocycles. The first kappa shape index (κ1) is 23.9. The summed E-state index contributed by atoms with van der Waals surface area (Å²) in [6.07, 6.45) is 13.7. The minimum Gasteiger partial charge on any atom is -0.449 e. The Hall–Kier alpha value is -1.72. The van der Waals surface area contributed by atoms with Crippen molar-refractivity contribution in [2.75, 3.05) is 13.2 Å². The number of alkyl carbamates (subject to hydrolysis) is 2. The van der Waals surface area contributed by atoms with Gasteiger partial charge in [-0.15, -0.1) is 0 Å². The van der Waals surface area contributed by atoms with Gasteiger partial charge in [-0.3, -0.25) is 0 Å². The SMILES string of the molecule is CC1=CC(C)C(COC(=O)NC2CCCCC2)(COC(=O)NC2CCCCC2)C(C)C1. The van der Waals surface area contributed by atoms with E-state index in [1.807, 2.05) is 0 Å². The zero-order valence-corrected chi connectivity index (χ0v) is 19.7. The molecule has 3 rings (SSSR count). The van der Waals surface area contributed by atoms with Crippen LogP contribution in [0.15, 0.2) is 11.6 Å². The first-order valence-electron chi connectivity index (χ1n) is 12.4. The van der Waals surface area contributed by atoms with E-state index in [2.05, 4.69) is 37.5 Å². The van der Waals surface area contributed by atoms with Crippen LogP contribution in [0, 0.1) is 17.3 Å². The smallest absolute Gasteiger partial charge is 0.407 e. The summed E-state index contributed by atoms with van der Waals surface area (Å²) in [5.41, 5.74) is 0.932. The fourth-order valence-corrected chi connectivity index (χ4v) is 5.70. The number of ether oxygens (including phenoxy) is 2. The lowest BCUT2D eigenvalue weighted by atomic mass is 9.63. The molecule has 3 aliphatic rings. The molecule has 2 fully saturated rings. The van der Waals surface area contributed by atoms with Gasteiger partial charge < -0.3 is 20.1 Å². The Bertz CT molecular complexity index is 599. The molecule has 0 aromatic rings. The van der Waals surface area contributed by atoms with Crippen molar-refractivity contribution in [3.8, 4) is 0 Å². The van der Waals surface area contributed by atoms with Crippen LogP contribution in [0.1, 0.15) is 91.4 Å². The van der Waals surface area contributed by atoms with Crippen molar-refractivity contribution in [2.24, 2.45) is 17.3 Å². The van der Waals surface area contributed by atoms with Crippen molar-refractivity contribution in [1.82, 2.24) is 10.6 Å². The highest BCUT2D eigenvalue weighted by Gasteiger charge is 2.45. The first-order valence-corrected chi connectivity index (χ1v) is 12.4. The molecule has 6 heteroatoms. The molecule has 0 saturated heterocycles. The summed E-state index contributed by atoms with van der Waals surface area (Å²) in [4.78, 5) is 25.0. The Kier molecular flexibility index (Phi) is 8.67. The fraction of sp³-hybridized carbons (Fsp3) is 0.840. The monoisotopic (exact) mass is 434 g/mol. The van der Waals surface area contributed by atoms with Gasteiger partial charge in [0.25, 0.3) is 0 Å². The molecule has 2 atom stereocenters. The second-order valence-corrected chi connectivity index (χ2v) is 10.3. The first-order chi connectivity index (χ1) is 14.9. The average molecular weight is 435 g/mol. The maximum atomic E-state index is 12.5. The summed E-state index contributed by atoms with van der Waals surface area (Å²) in [7, 11) is 0. The van der Waals surface area contributed by atoms with Crippen LogP contribution in [0.3, 0.4) is 0 Å². The fourth-order valence-electron chi connectivity index (χ4n) is 5.70. The number of nitrogens with one attached hydrogen (secondary N) is 2. The highest BCUT2D eigenvalue weighted by atomic mass is 16.6. The van der Waals surface area contributed by atoms with Gasteiger partial charge in [-0.25, -0.2) is 9.59 Å². The summed E-state index contributed by atoms with van der Waals surface area (Å²) in [6.45, 7) is 6.98. The largest absolute Gasteiger partial charge is 0.449 e. The third-order valence-corrected chi connectivity index (χ3v) is 7.85. The van der Waals surface area contributed by atoms with Crippen molar-refractivity contribution in [3.05, 3.63) is 11.6 Å². The summed E-state index contributed by atoms with van der Waals surface area (Å²) >= 11 is 0. The van der Waals surface area contributed by atoms with Crippen LogP contribution in [-0.2, 0) is 9.47 Å². The minimum atomic E-state index is -0.409. The molecule has 0 aliphatic heterocycles. The number of hydrogen-bond acceptors (Lipinski definition) is 4. The molecular weight excluding hydrogens is 392 g/mol. The molecule has 0 aromatic carbocycles. The Morgan fingerprint density at radius 3 is 1.74 bits per heavy atom. The summed E-state index contributed by atoms with van der Waals surface area (Å²) in [5, 5.41) is 6.07. The van der Waals surface area contributed by atoms with Gasteiger partial charge in [0, 0.05) is 17.5 Å². The highest BCUT2D eigenvalue weighted by Crippen LogP contribution is 2.45. The van der Waals surface area contributed by atoms with Crippen LogP contribution in [0.4, 0.5) is 9.59 Å². The molecule has 3 aliphatic carbocycles. The van der Waals surface area contributed by atoms with Crippen LogP contribution in [-0.4, -0.2) is 37.5 Å². The second-order valence-electron chi connectivity index (χ2n) is 10.3. The highest BCUT2D eigenvalue weighted by molar-refractivity contribution is 5.68. The van der Waals surface area contributed by atoms with E-state index in [4.69, 9.17) is 9.47 Å². The van der Waals surface area contributed by atoms with E-state index in [9.17, 15) is 9.59 Å². The Balaban J connectivity index is 1.58. The molecule has 6 nitrogen and oxygen atoms in total. The quantitative estimate of drug-likeness (QED) is 0.525. The molecular formula is C25H42N2O4. The molecule has 2 N–H and O–H groups in total. The van der Waals surface area contributed by atoms with Gasteiger partial charge in [0.1, 0.15) is 13.2 Å². The van der Waals surface area contributed by atoms with Crippen molar-refractivity contribution in [1.29, 1.82) is 0 Å². The van der Waals surface area contributed by atoms with Gasteiger partial charge in [-0.2, -0.15) is 0 Å². The van der Waals surface area contributed by atoms with Crippen LogP contribution in [0.2, 0.25) is 0 Å². The predicted octanol–water partition coefficient (Wildman–Crippen LogP) is 5.71. The van der Waals surface area contributed by atoms with Crippen molar-refractivity contribution in [2.45, 2.75) is 103 Å². The number of rotatable bonds is 6. The Labute approximate surface area is 187 Å². The van der Waals surface area contributed by atoms with Gasteiger partial charge in [0.2, 0.25) is 0 Å². The standard InChI is InChI=1S/C25H42N2O4/c1-18-14-19(2)25(20(3)15-18,16-30-23(28)26-21-10-6-4-7-11-21)17-31-24(29)27-22-12-8-5-9-13-22/h14,19-22H,4-13,15-17H2,1-3H3,(H,26,28)(H,27,29). The van der Waals surface area contributed by atoms with Crippen molar-refractivity contribution < 1.29 is 19.1 Å². The third kappa shape index (κ3) is 6.63. The van der Waals surface area contributed by atoms with E-state index < -0.39 is 5.41 Å². The van der Waals surface area contributed by atoms with E-state index in [0.29, 0.717) is 0 Å². The van der Waals surface area contributed by atoms with E-state index in [1.54, 1.807) is 0 Å². The molecule has 0 heterocycles. The van der Waals surface area contributed by atoms with Crippen LogP contribution < -0.4 is 10.6 Å². The molecule has 0 radical (unpaired) electrons. The van der Waals surface area contributed by atoms with Crippen molar-refractivity contribution >= 4 is 12.2 Å². The molecule has 31 heavy (non-hydrogen) atoms. The van der Waals surface area contributed by atoms with Crippen LogP contribution in [0.25, 0.3) is 0 Å². The zero-order chi connectivity index (χ0) is 22.3. The van der Waals surface area contributed by atoms with Crippen molar-refractivity contribution in [3.63, 3.8) is 0 Å². The molecule has 2 amide bonds. The Morgan fingerprint density at radius 2 is 1.32 bits per heavy atom. The topological polar surface area (TPSA) is 76.7 Å². The number of carbonyl (C=O) groups is 2. The minimum absolute atomic E-state index is 0.154. The average Bonchev–Trinajstić information content (AvgIpc) is 2.74. The predicted molar refractivity (Wildman–Crippen MR) is 122 cm³/mol. The lowest BCUT2D eigenvalue weighted by molar-refractivity contribution is -0.0372. The van der Waals surface area contributed by atoms with Gasteiger partial charge in [-0.1, -0.05) is 64.0 Å². The second kappa shape index (κ2) is 11.2. The van der Waals surface area contributed by atoms with Gasteiger partial charge in [0.05, 0.1) is 0 Å². The lowest BCUT2D eigenvalue weighted by Crippen LogP contribution is -2.49. The number of allylic oxidation sites excluding steroid dienone is 2. The van der Waals surface area contributed by atoms with E-state index in [0.717, 1.165) is 57.8 Å². The summed E-state index contributed by atoms with van der Waals surface area (Å²) in [5.74, 6) is 0.402. The van der Waals surface area contributed by atoms with E-state index in [-0.39, 0.29) is 49.3 Å². The number of amides is 2. The molecule has 0 bridgehead atoms. The normalized spacial score (nSPS) is 27.1. The van der Waals surface area contributed by atoms with Gasteiger partial charge in [-0.05, 0) is 50.9 Å². The molecule has 0 spiro atoms. The molecule has 2 saturated carbocycles. The maximum absolute atomic E-state index is 12.5. The summed E-state index contributed by atoms with van der Waals surface area (Å²) in [6, 6.07) is 0.441. The van der Waals surface area contributed by atoms with E-state index in [1.165, 1.54) is 18.4 Å². The van der Waals surface area contributed by atoms with Crippen LogP contribution >= 0.6 is 0 Å². The molecule has 176 valence electrons. The van der Waals surface area contributed by atoms with Gasteiger partial charge >= 0.3 is 12.2 Å². The maximum Gasteiger partial charge on any atom is 0.407 e. The lowest BCUT2D eigenvalue weighted by Gasteiger charge is -2.45. The number of carbonyl (C=O) groups excluding carboxylic acids is 2. The molecule has 2 unspecified atom stereocenters.